The minimum Gasteiger partial charge on any atom is -0.478 e. The van der Waals surface area contributed by atoms with Gasteiger partial charge in [0.2, 0.25) is 0 Å². The number of aromatic carboxylic acids is 1. The maximum absolute atomic E-state index is 11.7. The lowest BCUT2D eigenvalue weighted by atomic mass is 9.98. The molecule has 6 heterocycles. The number of benzene rings is 12. The number of nitrogens with one attached hydrogen (secondary N) is 1. The van der Waals surface area contributed by atoms with E-state index in [1.807, 2.05) is 121 Å². The number of hydrogen-bond donors (Lipinski definition) is 2. The van der Waals surface area contributed by atoms with Crippen LogP contribution in [0.1, 0.15) is 122 Å². The van der Waals surface area contributed by atoms with Gasteiger partial charge in [0.15, 0.2) is 12.6 Å². The SMILES string of the molecule is CCCc1nc2c(C)cc(-c3nc4ccccc4n3C)cc2[nH]1.CCCc1nc2c(C)cc(-c3nc4ccccc4n3C)cc2n1Cc1ccc(-c2ccccc2C(=O)O)cc1.CCCc1nc2c(C)cc(-c3nc4ccccc4n3C)cc2n1Cc1ccc(-c2ccccc2C=O)cc1.O=Cc1ccccc1-c1ccc(CBr)cc1. The molecular weight excluding hydrogens is 1500 g/mol. The lowest BCUT2D eigenvalue weighted by molar-refractivity contribution is 0.0697. The van der Waals surface area contributed by atoms with E-state index in [0.717, 1.165) is 236 Å². The van der Waals surface area contributed by atoms with Gasteiger partial charge in [-0.1, -0.05) is 213 Å². The van der Waals surface area contributed by atoms with E-state index < -0.39 is 5.97 Å². The Kier molecular flexibility index (Phi) is 23.3. The van der Waals surface area contributed by atoms with E-state index >= 15 is 0 Å². The molecule has 0 saturated carbocycles. The summed E-state index contributed by atoms with van der Waals surface area (Å²) in [5.74, 6) is 5.19. The molecule has 0 unspecified atom stereocenters. The first-order valence-electron chi connectivity index (χ1n) is 39.5. The fourth-order valence-electron chi connectivity index (χ4n) is 15.7. The highest BCUT2D eigenvalue weighted by atomic mass is 79.9. The number of fused-ring (bicyclic) bond motifs is 6. The summed E-state index contributed by atoms with van der Waals surface area (Å²) in [5, 5.41) is 10.5. The van der Waals surface area contributed by atoms with Crippen molar-refractivity contribution < 1.29 is 19.5 Å². The molecule has 116 heavy (non-hydrogen) atoms. The third-order valence-electron chi connectivity index (χ3n) is 21.6. The Hall–Kier alpha value is -13.3. The molecule has 0 aliphatic rings. The summed E-state index contributed by atoms with van der Waals surface area (Å²) in [6, 6.07) is 85.2. The number of carboxylic acids is 1. The van der Waals surface area contributed by atoms with Gasteiger partial charge in [-0.15, -0.1) is 0 Å². The predicted molar refractivity (Wildman–Crippen MR) is 475 cm³/mol. The van der Waals surface area contributed by atoms with Gasteiger partial charge in [0.25, 0.3) is 0 Å². The van der Waals surface area contributed by atoms with Crippen LogP contribution in [0.5, 0.6) is 0 Å². The maximum atomic E-state index is 11.7. The van der Waals surface area contributed by atoms with Crippen molar-refractivity contribution in [3.63, 3.8) is 0 Å². The first-order valence-corrected chi connectivity index (χ1v) is 40.6. The van der Waals surface area contributed by atoms with E-state index in [1.54, 1.807) is 12.1 Å². The van der Waals surface area contributed by atoms with Crippen molar-refractivity contribution in [2.45, 2.75) is 98.5 Å². The van der Waals surface area contributed by atoms with E-state index in [9.17, 15) is 19.5 Å². The number of hydrogen-bond acceptors (Lipinski definition) is 9. The van der Waals surface area contributed by atoms with Crippen LogP contribution in [0.15, 0.2) is 255 Å². The maximum Gasteiger partial charge on any atom is 0.336 e. The zero-order chi connectivity index (χ0) is 80.7. The number of carbonyl (C=O) groups excluding carboxylic acids is 2. The summed E-state index contributed by atoms with van der Waals surface area (Å²) in [4.78, 5) is 67.1. The number of para-hydroxylation sites is 6. The fourth-order valence-corrected chi connectivity index (χ4v) is 16.1. The first-order chi connectivity index (χ1) is 56.5. The lowest BCUT2D eigenvalue weighted by Crippen LogP contribution is -2.05. The van der Waals surface area contributed by atoms with Crippen LogP contribution in [0.2, 0.25) is 0 Å². The molecule has 0 fully saturated rings. The van der Waals surface area contributed by atoms with Gasteiger partial charge in [-0.2, -0.15) is 0 Å². The Morgan fingerprint density at radius 3 is 1.15 bits per heavy atom. The van der Waals surface area contributed by atoms with Crippen LogP contribution >= 0.6 is 15.9 Å². The zero-order valence-electron chi connectivity index (χ0n) is 66.7. The van der Waals surface area contributed by atoms with Gasteiger partial charge in [0.1, 0.15) is 34.9 Å². The van der Waals surface area contributed by atoms with Gasteiger partial charge in [-0.05, 0) is 186 Å². The standard InChI is InChI=1S/C33H30N4O2.C33H30N4O.C19H20N4.C14H11BrO/c1-4-9-30-35-31-21(2)18-24(32-34-27-12-7-8-13-28(27)36(32)3)19-29(31)37(30)20-22-14-16-23(17-15-22)25-10-5-6-11-26(25)33(38)39;1-4-9-31-35-32-22(2)18-26(33-34-28-12-7-8-13-29(28)36(33)3)19-30(32)37(31)20-23-14-16-24(17-15-23)27-11-6-5-10-25(27)21-38;1-4-7-17-20-15-11-13(10-12(2)18(15)22-17)19-21-14-8-5-6-9-16(14)23(19)3;15-9-11-5-7-12(8-6-11)14-4-2-1-3-13(14)10-16/h5-8,10-19H,4,9,20H2,1-3H3,(H,38,39);5-8,10-19,21H,4,9,20H2,1-3H3;5-6,8-11H,4,7H2,1-3H3,(H,20,22);1-8,10H,9H2. The van der Waals surface area contributed by atoms with Crippen LogP contribution in [0.4, 0.5) is 0 Å². The summed E-state index contributed by atoms with van der Waals surface area (Å²) >= 11 is 3.41. The number of aldehydes is 2. The molecule has 0 atom stereocenters. The van der Waals surface area contributed by atoms with Crippen molar-refractivity contribution in [3.8, 4) is 67.5 Å². The highest BCUT2D eigenvalue weighted by molar-refractivity contribution is 9.08. The highest BCUT2D eigenvalue weighted by Crippen LogP contribution is 2.36. The Labute approximate surface area is 683 Å². The van der Waals surface area contributed by atoms with Crippen LogP contribution in [-0.2, 0) is 58.8 Å². The smallest absolute Gasteiger partial charge is 0.336 e. The van der Waals surface area contributed by atoms with Gasteiger partial charge in [0.05, 0.1) is 71.8 Å². The molecule has 0 aliphatic heterocycles. The lowest BCUT2D eigenvalue weighted by Gasteiger charge is -2.12. The number of rotatable bonds is 20. The van der Waals surface area contributed by atoms with E-state index in [2.05, 4.69) is 228 Å². The van der Waals surface area contributed by atoms with Crippen molar-refractivity contribution in [1.29, 1.82) is 0 Å². The van der Waals surface area contributed by atoms with Crippen molar-refractivity contribution in [2.24, 2.45) is 21.1 Å². The molecule has 12 aromatic carbocycles. The van der Waals surface area contributed by atoms with Gasteiger partial charge >= 0.3 is 5.97 Å². The average molecular weight is 1590 g/mol. The quantitative estimate of drug-likeness (QED) is 0.0549. The number of halogens is 1. The number of nitrogens with zero attached hydrogens (tertiary/aromatic N) is 11. The summed E-state index contributed by atoms with van der Waals surface area (Å²) in [5.41, 5.74) is 30.6. The normalized spacial score (nSPS) is 11.3. The zero-order valence-corrected chi connectivity index (χ0v) is 68.3. The van der Waals surface area contributed by atoms with Crippen LogP contribution < -0.4 is 0 Å². The molecule has 0 amide bonds. The number of imidazole rings is 6. The summed E-state index contributed by atoms with van der Waals surface area (Å²) in [7, 11) is 6.21. The molecule has 18 rings (SSSR count). The summed E-state index contributed by atoms with van der Waals surface area (Å²) in [6.07, 6.45) is 7.73. The molecule has 2 N–H and O–H groups in total. The monoisotopic (exact) mass is 1590 g/mol. The van der Waals surface area contributed by atoms with Crippen molar-refractivity contribution in [3.05, 3.63) is 322 Å². The number of aromatic amines is 1. The Bertz CT molecular complexity index is 6650. The second-order valence-corrected chi connectivity index (χ2v) is 30.2. The molecule has 0 spiro atoms. The summed E-state index contributed by atoms with van der Waals surface area (Å²) < 4.78 is 11.1. The highest BCUT2D eigenvalue weighted by Gasteiger charge is 2.22. The number of H-pyrrole nitrogens is 1. The van der Waals surface area contributed by atoms with Crippen LogP contribution in [0, 0.1) is 20.8 Å². The molecule has 0 saturated heterocycles. The minimum absolute atomic E-state index is 0.307. The van der Waals surface area contributed by atoms with Crippen molar-refractivity contribution in [1.82, 2.24) is 57.7 Å². The van der Waals surface area contributed by atoms with Crippen molar-refractivity contribution >= 4 is 101 Å². The molecular formula is C99H91BrN12O4. The van der Waals surface area contributed by atoms with E-state index in [1.165, 1.54) is 16.7 Å². The number of alkyl halides is 1. The molecule has 0 radical (unpaired) electrons. The molecule has 0 bridgehead atoms. The van der Waals surface area contributed by atoms with Gasteiger partial charge in [0, 0.05) is 86.6 Å². The third kappa shape index (κ3) is 16.1. The van der Waals surface area contributed by atoms with Crippen molar-refractivity contribution in [2.75, 3.05) is 0 Å². The number of aryl methyl sites for hydroxylation is 9. The first kappa shape index (κ1) is 78.0. The van der Waals surface area contributed by atoms with Gasteiger partial charge in [-0.25, -0.2) is 34.7 Å². The average Bonchev–Trinajstić information content (AvgIpc) is 1.63. The number of carbonyl (C=O) groups is 3. The van der Waals surface area contributed by atoms with Crippen LogP contribution in [-0.4, -0.2) is 81.4 Å². The Balaban J connectivity index is 0.000000128. The third-order valence-corrected chi connectivity index (χ3v) is 22.3. The number of aromatic nitrogens is 12. The molecule has 0 aliphatic carbocycles. The Morgan fingerprint density at radius 1 is 0.388 bits per heavy atom. The Morgan fingerprint density at radius 2 is 0.750 bits per heavy atom. The second kappa shape index (κ2) is 34.6. The molecule has 6 aromatic heterocycles. The predicted octanol–water partition coefficient (Wildman–Crippen LogP) is 23.1. The minimum atomic E-state index is -0.921. The van der Waals surface area contributed by atoms with Crippen LogP contribution in [0.25, 0.3) is 134 Å². The number of carboxylic acid groups (broad SMARTS) is 1. The molecule has 17 heteroatoms. The van der Waals surface area contributed by atoms with E-state index in [4.69, 9.17) is 29.9 Å². The van der Waals surface area contributed by atoms with E-state index in [-0.39, 0.29) is 0 Å². The largest absolute Gasteiger partial charge is 0.478 e. The molecule has 18 aromatic rings. The van der Waals surface area contributed by atoms with Gasteiger partial charge in [-0.3, -0.25) is 9.59 Å². The second-order valence-electron chi connectivity index (χ2n) is 29.6. The van der Waals surface area contributed by atoms with E-state index in [0.29, 0.717) is 17.7 Å². The topological polar surface area (TPSA) is 189 Å². The van der Waals surface area contributed by atoms with Crippen LogP contribution in [0.3, 0.4) is 0 Å². The molecule has 578 valence electrons. The molecule has 16 nitrogen and oxygen atoms in total. The fraction of sp³-hybridized carbons (Fsp3) is 0.182. The van der Waals surface area contributed by atoms with Gasteiger partial charge < -0.3 is 32.9 Å². The summed E-state index contributed by atoms with van der Waals surface area (Å²) in [6.45, 7) is 14.3.